The van der Waals surface area contributed by atoms with Gasteiger partial charge in [0.1, 0.15) is 0 Å². The van der Waals surface area contributed by atoms with Crippen molar-refractivity contribution in [3.8, 4) is 0 Å². The van der Waals surface area contributed by atoms with Crippen molar-refractivity contribution >= 4 is 0 Å². The average Bonchev–Trinajstić information content (AvgIpc) is 2.78. The van der Waals surface area contributed by atoms with Crippen LogP contribution in [-0.4, -0.2) is 31.4 Å². The number of nitrogens with two attached hydrogens (primary N) is 1. The quantitative estimate of drug-likeness (QED) is 0.655. The van der Waals surface area contributed by atoms with Crippen molar-refractivity contribution in [1.82, 2.24) is 5.32 Å². The SMILES string of the molecule is CC.NOCCC12CCCCC1(CO)CNC2. The van der Waals surface area contributed by atoms with E-state index in [-0.39, 0.29) is 10.8 Å². The van der Waals surface area contributed by atoms with Gasteiger partial charge in [-0.15, -0.1) is 0 Å². The fraction of sp³-hybridized carbons (Fsp3) is 1.00. The molecule has 0 spiro atoms. The molecule has 2 fully saturated rings. The lowest BCUT2D eigenvalue weighted by Gasteiger charge is -2.48. The van der Waals surface area contributed by atoms with Crippen molar-refractivity contribution in [3.05, 3.63) is 0 Å². The number of hydrogen-bond acceptors (Lipinski definition) is 4. The topological polar surface area (TPSA) is 67.5 Å². The van der Waals surface area contributed by atoms with Gasteiger partial charge < -0.3 is 15.3 Å². The first-order valence-electron chi connectivity index (χ1n) is 6.92. The highest BCUT2D eigenvalue weighted by Gasteiger charge is 2.54. The van der Waals surface area contributed by atoms with Gasteiger partial charge in [-0.2, -0.15) is 0 Å². The maximum absolute atomic E-state index is 9.70. The summed E-state index contributed by atoms with van der Waals surface area (Å²) in [4.78, 5) is 4.73. The Morgan fingerprint density at radius 2 is 1.76 bits per heavy atom. The van der Waals surface area contributed by atoms with Gasteiger partial charge in [0.2, 0.25) is 0 Å². The van der Waals surface area contributed by atoms with Gasteiger partial charge in [0, 0.05) is 18.5 Å². The van der Waals surface area contributed by atoms with Crippen LogP contribution in [0.15, 0.2) is 0 Å². The van der Waals surface area contributed by atoms with Crippen LogP contribution in [0.1, 0.15) is 46.0 Å². The monoisotopic (exact) mass is 244 g/mol. The van der Waals surface area contributed by atoms with Gasteiger partial charge in [0.25, 0.3) is 0 Å². The molecular weight excluding hydrogens is 216 g/mol. The maximum Gasteiger partial charge on any atom is 0.0685 e. The second-order valence-corrected chi connectivity index (χ2v) is 5.15. The van der Waals surface area contributed by atoms with Gasteiger partial charge in [0.05, 0.1) is 13.2 Å². The van der Waals surface area contributed by atoms with E-state index in [1.165, 1.54) is 19.3 Å². The molecule has 0 bridgehead atoms. The number of fused-ring (bicyclic) bond motifs is 1. The Kier molecular flexibility index (Phi) is 5.86. The van der Waals surface area contributed by atoms with Crippen LogP contribution in [-0.2, 0) is 4.84 Å². The summed E-state index contributed by atoms with van der Waals surface area (Å²) in [6.45, 7) is 6.86. The predicted octanol–water partition coefficient (Wildman–Crippen LogP) is 1.44. The minimum Gasteiger partial charge on any atom is -0.396 e. The van der Waals surface area contributed by atoms with Crippen LogP contribution in [0.25, 0.3) is 0 Å². The summed E-state index contributed by atoms with van der Waals surface area (Å²) in [6, 6.07) is 0. The van der Waals surface area contributed by atoms with Gasteiger partial charge in [-0.25, -0.2) is 5.90 Å². The van der Waals surface area contributed by atoms with Crippen molar-refractivity contribution in [2.45, 2.75) is 46.0 Å². The molecule has 4 N–H and O–H groups in total. The molecule has 102 valence electrons. The van der Waals surface area contributed by atoms with Crippen LogP contribution in [0.3, 0.4) is 0 Å². The molecule has 4 nitrogen and oxygen atoms in total. The summed E-state index contributed by atoms with van der Waals surface area (Å²) >= 11 is 0. The van der Waals surface area contributed by atoms with E-state index >= 15 is 0 Å². The van der Waals surface area contributed by atoms with Crippen molar-refractivity contribution in [2.24, 2.45) is 16.7 Å². The van der Waals surface area contributed by atoms with Crippen molar-refractivity contribution < 1.29 is 9.94 Å². The molecule has 4 heteroatoms. The molecule has 0 aromatic carbocycles. The first-order valence-corrected chi connectivity index (χ1v) is 6.92. The van der Waals surface area contributed by atoms with Crippen molar-refractivity contribution in [3.63, 3.8) is 0 Å². The third kappa shape index (κ3) is 2.65. The molecule has 0 aromatic rings. The molecule has 2 atom stereocenters. The molecule has 2 unspecified atom stereocenters. The van der Waals surface area contributed by atoms with Gasteiger partial charge >= 0.3 is 0 Å². The molecular formula is C13H28N2O2. The van der Waals surface area contributed by atoms with E-state index in [9.17, 15) is 5.11 Å². The first-order chi connectivity index (χ1) is 8.29. The Bertz CT molecular complexity index is 225. The predicted molar refractivity (Wildman–Crippen MR) is 69.4 cm³/mol. The van der Waals surface area contributed by atoms with E-state index in [1.54, 1.807) is 0 Å². The highest BCUT2D eigenvalue weighted by Crippen LogP contribution is 2.54. The van der Waals surface area contributed by atoms with Crippen molar-refractivity contribution in [1.29, 1.82) is 0 Å². The van der Waals surface area contributed by atoms with Crippen LogP contribution >= 0.6 is 0 Å². The number of aliphatic hydroxyl groups excluding tert-OH is 1. The lowest BCUT2D eigenvalue weighted by Crippen LogP contribution is -2.47. The van der Waals surface area contributed by atoms with Gasteiger partial charge in [-0.05, 0) is 24.7 Å². The molecule has 1 heterocycles. The number of nitrogens with one attached hydrogen (secondary N) is 1. The summed E-state index contributed by atoms with van der Waals surface area (Å²) in [6.07, 6.45) is 5.82. The van der Waals surface area contributed by atoms with E-state index in [0.29, 0.717) is 13.2 Å². The van der Waals surface area contributed by atoms with Crippen LogP contribution < -0.4 is 11.2 Å². The Balaban J connectivity index is 0.000000686. The zero-order valence-electron chi connectivity index (χ0n) is 11.3. The molecule has 0 radical (unpaired) electrons. The molecule has 1 aliphatic heterocycles. The third-order valence-electron chi connectivity index (χ3n) is 4.61. The fourth-order valence-corrected chi connectivity index (χ4v) is 3.59. The average molecular weight is 244 g/mol. The summed E-state index contributed by atoms with van der Waals surface area (Å²) in [7, 11) is 0. The van der Waals surface area contributed by atoms with E-state index in [2.05, 4.69) is 5.32 Å². The van der Waals surface area contributed by atoms with E-state index in [1.807, 2.05) is 13.8 Å². The highest BCUT2D eigenvalue weighted by atomic mass is 16.6. The molecule has 2 rings (SSSR count). The zero-order chi connectivity index (χ0) is 12.8. The molecule has 0 amide bonds. The number of hydrogen-bond donors (Lipinski definition) is 3. The molecule has 0 aromatic heterocycles. The number of aliphatic hydroxyl groups is 1. The summed E-state index contributed by atoms with van der Waals surface area (Å²) in [5.74, 6) is 5.13. The Morgan fingerprint density at radius 1 is 1.18 bits per heavy atom. The van der Waals surface area contributed by atoms with Crippen LogP contribution in [0, 0.1) is 10.8 Å². The maximum atomic E-state index is 9.70. The van der Waals surface area contributed by atoms with Crippen LogP contribution in [0.4, 0.5) is 0 Å². The smallest absolute Gasteiger partial charge is 0.0685 e. The summed E-state index contributed by atoms with van der Waals surface area (Å²) in [5, 5.41) is 13.2. The minimum absolute atomic E-state index is 0.0871. The summed E-state index contributed by atoms with van der Waals surface area (Å²) < 4.78 is 0. The second kappa shape index (κ2) is 6.69. The van der Waals surface area contributed by atoms with Gasteiger partial charge in [0.15, 0.2) is 0 Å². The minimum atomic E-state index is 0.0871. The largest absolute Gasteiger partial charge is 0.396 e. The molecule has 1 aliphatic carbocycles. The third-order valence-corrected chi connectivity index (χ3v) is 4.61. The Labute approximate surface area is 105 Å². The van der Waals surface area contributed by atoms with Crippen LogP contribution in [0.5, 0.6) is 0 Å². The highest BCUT2D eigenvalue weighted by molar-refractivity contribution is 5.07. The van der Waals surface area contributed by atoms with Gasteiger partial charge in [-0.1, -0.05) is 26.7 Å². The standard InChI is InChI=1S/C11H22N2O2.C2H6/c12-15-6-5-10-3-1-2-4-11(10,9-14)8-13-7-10;1-2/h13-14H,1-9,12H2;1-2H3. The molecule has 17 heavy (non-hydrogen) atoms. The Hall–Kier alpha value is -0.160. The zero-order valence-corrected chi connectivity index (χ0v) is 11.3. The molecule has 1 saturated heterocycles. The fourth-order valence-electron chi connectivity index (χ4n) is 3.59. The summed E-state index contributed by atoms with van der Waals surface area (Å²) in [5.41, 5.74) is 0.309. The number of rotatable bonds is 4. The van der Waals surface area contributed by atoms with Gasteiger partial charge in [-0.3, -0.25) is 0 Å². The normalized spacial score (nSPS) is 36.0. The molecule has 2 aliphatic rings. The van der Waals surface area contributed by atoms with E-state index in [0.717, 1.165) is 25.9 Å². The second-order valence-electron chi connectivity index (χ2n) is 5.15. The lowest BCUT2D eigenvalue weighted by molar-refractivity contribution is -0.0373. The first kappa shape index (κ1) is 14.9. The van der Waals surface area contributed by atoms with E-state index in [4.69, 9.17) is 10.7 Å². The van der Waals surface area contributed by atoms with E-state index < -0.39 is 0 Å². The lowest BCUT2D eigenvalue weighted by atomic mass is 9.57. The van der Waals surface area contributed by atoms with Crippen molar-refractivity contribution in [2.75, 3.05) is 26.3 Å². The molecule has 1 saturated carbocycles. The Morgan fingerprint density at radius 3 is 2.35 bits per heavy atom. The van der Waals surface area contributed by atoms with Crippen LogP contribution in [0.2, 0.25) is 0 Å².